The second kappa shape index (κ2) is 5.50. The zero-order valence-electron chi connectivity index (χ0n) is 9.72. The lowest BCUT2D eigenvalue weighted by atomic mass is 10.2. The number of nitrogen functional groups attached to an aromatic ring is 1. The molecule has 0 atom stereocenters. The highest BCUT2D eigenvalue weighted by atomic mass is 79.9. The maximum Gasteiger partial charge on any atom is 0.276 e. The van der Waals surface area contributed by atoms with Gasteiger partial charge in [-0.2, -0.15) is 5.26 Å². The molecule has 19 heavy (non-hydrogen) atoms. The lowest BCUT2D eigenvalue weighted by Gasteiger charge is -2.08. The fraction of sp³-hybridized carbons (Fsp3) is 0. The van der Waals surface area contributed by atoms with Crippen molar-refractivity contribution < 1.29 is 4.79 Å². The number of amides is 1. The number of halogens is 1. The molecule has 0 radical (unpaired) electrons. The molecule has 0 aliphatic carbocycles. The van der Waals surface area contributed by atoms with E-state index < -0.39 is 5.91 Å². The van der Waals surface area contributed by atoms with E-state index in [9.17, 15) is 4.79 Å². The maximum atomic E-state index is 12.0. The number of rotatable bonds is 2. The normalized spacial score (nSPS) is 9.68. The van der Waals surface area contributed by atoms with E-state index in [1.165, 1.54) is 6.20 Å². The van der Waals surface area contributed by atoms with Gasteiger partial charge in [-0.25, -0.2) is 4.98 Å². The first kappa shape index (κ1) is 13.1. The number of nitrogens with one attached hydrogen (secondary N) is 1. The van der Waals surface area contributed by atoms with Gasteiger partial charge in [-0.15, -0.1) is 0 Å². The van der Waals surface area contributed by atoms with E-state index in [4.69, 9.17) is 11.0 Å². The summed E-state index contributed by atoms with van der Waals surface area (Å²) < 4.78 is 0.760. The number of nitrogens with zero attached hydrogens (tertiary/aromatic N) is 2. The van der Waals surface area contributed by atoms with Crippen LogP contribution in [-0.4, -0.2) is 10.9 Å². The predicted molar refractivity (Wildman–Crippen MR) is 75.5 cm³/mol. The molecule has 1 heterocycles. The van der Waals surface area contributed by atoms with Crippen LogP contribution in [0.4, 0.5) is 11.4 Å². The van der Waals surface area contributed by atoms with Crippen molar-refractivity contribution in [3.8, 4) is 6.07 Å². The molecule has 1 aromatic carbocycles. The number of hydrogen-bond donors (Lipinski definition) is 2. The Bertz CT molecular complexity index is 679. The van der Waals surface area contributed by atoms with Crippen LogP contribution in [-0.2, 0) is 0 Å². The molecule has 2 rings (SSSR count). The van der Waals surface area contributed by atoms with Gasteiger partial charge in [-0.05, 0) is 30.3 Å². The summed E-state index contributed by atoms with van der Waals surface area (Å²) in [6, 6.07) is 10.2. The number of hydrogen-bond acceptors (Lipinski definition) is 4. The Morgan fingerprint density at radius 3 is 2.89 bits per heavy atom. The van der Waals surface area contributed by atoms with Gasteiger partial charge in [0.25, 0.3) is 5.91 Å². The molecule has 3 N–H and O–H groups in total. The van der Waals surface area contributed by atoms with Crippen molar-refractivity contribution in [1.29, 1.82) is 5.26 Å². The summed E-state index contributed by atoms with van der Waals surface area (Å²) in [6.07, 6.45) is 1.48. The Labute approximate surface area is 118 Å². The van der Waals surface area contributed by atoms with Gasteiger partial charge < -0.3 is 11.1 Å². The number of anilines is 2. The molecule has 5 nitrogen and oxygen atoms in total. The highest BCUT2D eigenvalue weighted by molar-refractivity contribution is 9.10. The van der Waals surface area contributed by atoms with E-state index in [1.54, 1.807) is 30.3 Å². The van der Waals surface area contributed by atoms with Crippen LogP contribution in [0.25, 0.3) is 0 Å². The van der Waals surface area contributed by atoms with Crippen molar-refractivity contribution in [1.82, 2.24) is 4.98 Å². The average molecular weight is 317 g/mol. The van der Waals surface area contributed by atoms with Crippen molar-refractivity contribution in [2.45, 2.75) is 0 Å². The summed E-state index contributed by atoms with van der Waals surface area (Å²) in [5, 5.41) is 11.6. The highest BCUT2D eigenvalue weighted by Crippen LogP contribution is 2.21. The summed E-state index contributed by atoms with van der Waals surface area (Å²) in [4.78, 5) is 16.0. The number of benzene rings is 1. The number of aromatic nitrogens is 1. The summed E-state index contributed by atoms with van der Waals surface area (Å²) in [5.74, 6) is -0.451. The Morgan fingerprint density at radius 1 is 1.42 bits per heavy atom. The standard InChI is InChI=1S/C13H9BrN4O/c14-9-4-3-8(7-15)11(6-9)18-13(19)12-10(16)2-1-5-17-12/h1-6H,16H2,(H,18,19). The van der Waals surface area contributed by atoms with Gasteiger partial charge in [-0.3, -0.25) is 4.79 Å². The Hall–Kier alpha value is -2.39. The fourth-order valence-corrected chi connectivity index (χ4v) is 1.87. The third kappa shape index (κ3) is 2.89. The minimum atomic E-state index is -0.451. The van der Waals surface area contributed by atoms with Crippen LogP contribution in [0.15, 0.2) is 41.0 Å². The Balaban J connectivity index is 2.32. The van der Waals surface area contributed by atoms with Gasteiger partial charge >= 0.3 is 0 Å². The lowest BCUT2D eigenvalue weighted by Crippen LogP contribution is -2.16. The fourth-order valence-electron chi connectivity index (χ4n) is 1.51. The van der Waals surface area contributed by atoms with Gasteiger partial charge in [0.05, 0.1) is 16.9 Å². The van der Waals surface area contributed by atoms with Gasteiger partial charge in [0.2, 0.25) is 0 Å². The molecule has 0 bridgehead atoms. The Morgan fingerprint density at radius 2 is 2.21 bits per heavy atom. The van der Waals surface area contributed by atoms with E-state index in [0.29, 0.717) is 11.3 Å². The summed E-state index contributed by atoms with van der Waals surface area (Å²) in [5.41, 5.74) is 6.87. The molecule has 6 heteroatoms. The molecule has 1 aromatic heterocycles. The molecule has 2 aromatic rings. The maximum absolute atomic E-state index is 12.0. The van der Waals surface area contributed by atoms with E-state index in [2.05, 4.69) is 26.2 Å². The van der Waals surface area contributed by atoms with E-state index in [-0.39, 0.29) is 11.4 Å². The second-order valence-corrected chi connectivity index (χ2v) is 4.61. The molecule has 0 spiro atoms. The third-order valence-electron chi connectivity index (χ3n) is 2.40. The molecule has 0 saturated heterocycles. The number of nitrogens with two attached hydrogens (primary N) is 1. The molecule has 1 amide bonds. The van der Waals surface area contributed by atoms with Crippen LogP contribution in [0.2, 0.25) is 0 Å². The van der Waals surface area contributed by atoms with Crippen LogP contribution in [0.3, 0.4) is 0 Å². The largest absolute Gasteiger partial charge is 0.397 e. The SMILES string of the molecule is N#Cc1ccc(Br)cc1NC(=O)c1ncccc1N. The predicted octanol–water partition coefficient (Wildman–Crippen LogP) is 2.55. The molecule has 0 saturated carbocycles. The minimum absolute atomic E-state index is 0.131. The molecule has 0 aliphatic heterocycles. The quantitative estimate of drug-likeness (QED) is 0.890. The van der Waals surface area contributed by atoms with E-state index >= 15 is 0 Å². The van der Waals surface area contributed by atoms with Crippen molar-refractivity contribution in [2.75, 3.05) is 11.1 Å². The zero-order chi connectivity index (χ0) is 13.8. The smallest absolute Gasteiger partial charge is 0.276 e. The summed E-state index contributed by atoms with van der Waals surface area (Å²) >= 11 is 3.29. The van der Waals surface area contributed by atoms with Gasteiger partial charge in [0.1, 0.15) is 6.07 Å². The van der Waals surface area contributed by atoms with Crippen molar-refractivity contribution >= 4 is 33.2 Å². The molecule has 0 fully saturated rings. The van der Waals surface area contributed by atoms with Crippen LogP contribution in [0.1, 0.15) is 16.1 Å². The second-order valence-electron chi connectivity index (χ2n) is 3.70. The summed E-state index contributed by atoms with van der Waals surface area (Å²) in [7, 11) is 0. The number of carbonyl (C=O) groups excluding carboxylic acids is 1. The first-order valence-electron chi connectivity index (χ1n) is 5.33. The minimum Gasteiger partial charge on any atom is -0.397 e. The van der Waals surface area contributed by atoms with Crippen molar-refractivity contribution in [3.05, 3.63) is 52.3 Å². The van der Waals surface area contributed by atoms with Crippen molar-refractivity contribution in [2.24, 2.45) is 0 Å². The van der Waals surface area contributed by atoms with Crippen LogP contribution >= 0.6 is 15.9 Å². The van der Waals surface area contributed by atoms with Crippen LogP contribution in [0, 0.1) is 11.3 Å². The molecule has 94 valence electrons. The monoisotopic (exact) mass is 316 g/mol. The number of pyridine rings is 1. The van der Waals surface area contributed by atoms with E-state index in [0.717, 1.165) is 4.47 Å². The molecule has 0 aliphatic rings. The first-order chi connectivity index (χ1) is 9.11. The molecule has 0 unspecified atom stereocenters. The van der Waals surface area contributed by atoms with Crippen molar-refractivity contribution in [3.63, 3.8) is 0 Å². The van der Waals surface area contributed by atoms with Gasteiger partial charge in [0.15, 0.2) is 5.69 Å². The van der Waals surface area contributed by atoms with E-state index in [1.807, 2.05) is 6.07 Å². The highest BCUT2D eigenvalue weighted by Gasteiger charge is 2.13. The third-order valence-corrected chi connectivity index (χ3v) is 2.90. The summed E-state index contributed by atoms with van der Waals surface area (Å²) in [6.45, 7) is 0. The topological polar surface area (TPSA) is 91.8 Å². The zero-order valence-corrected chi connectivity index (χ0v) is 11.3. The molecular weight excluding hydrogens is 308 g/mol. The van der Waals surface area contributed by atoms with Gasteiger partial charge in [0, 0.05) is 10.7 Å². The Kier molecular flexibility index (Phi) is 3.78. The molecular formula is C13H9BrN4O. The average Bonchev–Trinajstić information content (AvgIpc) is 2.39. The number of nitriles is 1. The van der Waals surface area contributed by atoms with Crippen LogP contribution in [0.5, 0.6) is 0 Å². The first-order valence-corrected chi connectivity index (χ1v) is 6.12. The van der Waals surface area contributed by atoms with Gasteiger partial charge in [-0.1, -0.05) is 15.9 Å². The van der Waals surface area contributed by atoms with Crippen LogP contribution < -0.4 is 11.1 Å². The lowest BCUT2D eigenvalue weighted by molar-refractivity contribution is 0.102. The number of carbonyl (C=O) groups is 1.